The summed E-state index contributed by atoms with van der Waals surface area (Å²) < 4.78 is 7.07. The molecule has 3 aromatic heterocycles. The summed E-state index contributed by atoms with van der Waals surface area (Å²) in [5.41, 5.74) is 14.9. The maximum atomic E-state index is 5.50. The Kier molecular flexibility index (Phi) is 9.09. The van der Waals surface area contributed by atoms with Crippen molar-refractivity contribution in [3.05, 3.63) is 253 Å². The van der Waals surface area contributed by atoms with E-state index < -0.39 is 0 Å². The highest BCUT2D eigenvalue weighted by Gasteiger charge is 2.26. The number of hydrogen-bond donors (Lipinski definition) is 1. The first-order valence-corrected chi connectivity index (χ1v) is 22.6. The molecule has 67 heavy (non-hydrogen) atoms. The van der Waals surface area contributed by atoms with Crippen LogP contribution in [0.25, 0.3) is 83.4 Å². The standard InChI is InChI=1S/C60H41N7/c1-6-19-41(20-7-1)56-61-57(42-21-8-2-9-22-42)63-58(62-56)45-26-18-25-44(37-45)40-33-35-48(36-34-40)65-52-32-17-16-31-49(52)50-38-54-51(39-53(50)65)55-60(66(54)46-27-12-4-13-28-46)64-59(43-23-10-3-11-24-43)67(55)47-29-14-5-15-30-47/h1-39,56H,(H,61,62,63). The number of nitrogens with zero attached hydrogens (tertiary/aromatic N) is 6. The normalized spacial score (nSPS) is 13.8. The zero-order chi connectivity index (χ0) is 44.3. The van der Waals surface area contributed by atoms with Gasteiger partial charge in [-0.05, 0) is 77.4 Å². The van der Waals surface area contributed by atoms with Crippen LogP contribution in [0.2, 0.25) is 0 Å². The first-order chi connectivity index (χ1) is 33.2. The summed E-state index contributed by atoms with van der Waals surface area (Å²) in [6, 6.07) is 83.3. The topological polar surface area (TPSA) is 64.4 Å². The Morgan fingerprint density at radius 3 is 1.64 bits per heavy atom. The van der Waals surface area contributed by atoms with E-state index in [0.29, 0.717) is 5.84 Å². The summed E-state index contributed by atoms with van der Waals surface area (Å²) in [5.74, 6) is 2.40. The number of aromatic nitrogens is 4. The van der Waals surface area contributed by atoms with Gasteiger partial charge in [-0.1, -0.05) is 176 Å². The number of nitrogens with one attached hydrogen (secondary N) is 1. The average Bonchev–Trinajstić information content (AvgIpc) is 4.06. The number of para-hydroxylation sites is 3. The van der Waals surface area contributed by atoms with Gasteiger partial charge in [0.25, 0.3) is 0 Å². The van der Waals surface area contributed by atoms with E-state index in [9.17, 15) is 0 Å². The minimum atomic E-state index is -0.267. The SMILES string of the molecule is c1ccc(C2=NC(c3ccccc3)NC(c3cccc(-c4ccc(-n5c6ccccc6c6cc7c(cc65)c5c(nc(-c6ccccc6)n5-c5ccccc5)n7-c5ccccc5)cc4)c3)=N2)cc1. The van der Waals surface area contributed by atoms with E-state index in [0.717, 1.165) is 95.2 Å². The van der Waals surface area contributed by atoms with Gasteiger partial charge in [0.15, 0.2) is 11.5 Å². The van der Waals surface area contributed by atoms with Crippen molar-refractivity contribution < 1.29 is 0 Å². The van der Waals surface area contributed by atoms with Crippen LogP contribution in [-0.4, -0.2) is 30.4 Å². The van der Waals surface area contributed by atoms with E-state index in [1.807, 2.05) is 24.3 Å². The maximum Gasteiger partial charge on any atom is 0.165 e. The largest absolute Gasteiger partial charge is 0.344 e. The quantitative estimate of drug-likeness (QED) is 0.165. The second-order valence-corrected chi connectivity index (χ2v) is 16.9. The van der Waals surface area contributed by atoms with Crippen molar-refractivity contribution in [2.24, 2.45) is 9.98 Å². The molecule has 1 aliphatic heterocycles. The first-order valence-electron chi connectivity index (χ1n) is 22.6. The van der Waals surface area contributed by atoms with Crippen LogP contribution in [0.3, 0.4) is 0 Å². The third kappa shape index (κ3) is 6.55. The third-order valence-electron chi connectivity index (χ3n) is 12.9. The fraction of sp³-hybridized carbons (Fsp3) is 0.0167. The highest BCUT2D eigenvalue weighted by molar-refractivity contribution is 6.19. The number of amidine groups is 2. The molecule has 1 aliphatic rings. The monoisotopic (exact) mass is 859 g/mol. The molecular weight excluding hydrogens is 819 g/mol. The Hall–Kier alpha value is -9.07. The molecule has 0 spiro atoms. The minimum Gasteiger partial charge on any atom is -0.344 e. The van der Waals surface area contributed by atoms with Gasteiger partial charge in [-0.2, -0.15) is 0 Å². The summed E-state index contributed by atoms with van der Waals surface area (Å²) in [5, 5.41) is 7.13. The molecule has 1 N–H and O–H groups in total. The molecule has 7 heteroatoms. The van der Waals surface area contributed by atoms with Crippen LogP contribution in [-0.2, 0) is 0 Å². The number of fused-ring (bicyclic) bond motifs is 6. The van der Waals surface area contributed by atoms with Crippen molar-refractivity contribution in [3.63, 3.8) is 0 Å². The predicted molar refractivity (Wildman–Crippen MR) is 275 cm³/mol. The zero-order valence-corrected chi connectivity index (χ0v) is 36.3. The van der Waals surface area contributed by atoms with E-state index in [4.69, 9.17) is 15.0 Å². The lowest BCUT2D eigenvalue weighted by Crippen LogP contribution is -2.33. The van der Waals surface area contributed by atoms with Crippen LogP contribution < -0.4 is 5.32 Å². The molecule has 1 unspecified atom stereocenters. The Bertz CT molecular complexity index is 3850. The van der Waals surface area contributed by atoms with Crippen LogP contribution in [0.15, 0.2) is 247 Å². The van der Waals surface area contributed by atoms with Crippen molar-refractivity contribution in [3.8, 4) is 39.6 Å². The number of imidazole rings is 1. The van der Waals surface area contributed by atoms with Gasteiger partial charge >= 0.3 is 0 Å². The Balaban J connectivity index is 0.958. The number of rotatable bonds is 8. The Morgan fingerprint density at radius 2 is 0.925 bits per heavy atom. The van der Waals surface area contributed by atoms with E-state index in [1.165, 1.54) is 10.8 Å². The lowest BCUT2D eigenvalue weighted by molar-refractivity contribution is 0.674. The van der Waals surface area contributed by atoms with Gasteiger partial charge in [0, 0.05) is 49.9 Å². The summed E-state index contributed by atoms with van der Waals surface area (Å²) in [7, 11) is 0. The summed E-state index contributed by atoms with van der Waals surface area (Å²) in [6.07, 6.45) is -0.267. The first kappa shape index (κ1) is 38.4. The molecule has 0 aliphatic carbocycles. The zero-order valence-electron chi connectivity index (χ0n) is 36.3. The van der Waals surface area contributed by atoms with E-state index >= 15 is 0 Å². The number of benzene rings is 9. The van der Waals surface area contributed by atoms with Gasteiger partial charge in [-0.15, -0.1) is 0 Å². The fourth-order valence-corrected chi connectivity index (χ4v) is 9.79. The molecule has 0 saturated carbocycles. The molecule has 4 heterocycles. The van der Waals surface area contributed by atoms with Crippen molar-refractivity contribution in [2.75, 3.05) is 0 Å². The van der Waals surface area contributed by atoms with E-state index in [1.54, 1.807) is 0 Å². The van der Waals surface area contributed by atoms with Crippen LogP contribution in [0.1, 0.15) is 22.9 Å². The molecule has 0 amide bonds. The van der Waals surface area contributed by atoms with Gasteiger partial charge in [0.2, 0.25) is 0 Å². The van der Waals surface area contributed by atoms with Crippen LogP contribution >= 0.6 is 0 Å². The molecule has 316 valence electrons. The minimum absolute atomic E-state index is 0.267. The fourth-order valence-electron chi connectivity index (χ4n) is 9.79. The smallest absolute Gasteiger partial charge is 0.165 e. The highest BCUT2D eigenvalue weighted by atomic mass is 15.2. The Morgan fingerprint density at radius 1 is 0.373 bits per heavy atom. The molecule has 0 bridgehead atoms. The molecule has 7 nitrogen and oxygen atoms in total. The van der Waals surface area contributed by atoms with Gasteiger partial charge in [0.1, 0.15) is 23.3 Å². The lowest BCUT2D eigenvalue weighted by atomic mass is 10.0. The van der Waals surface area contributed by atoms with E-state index in [-0.39, 0.29) is 6.17 Å². The van der Waals surface area contributed by atoms with Gasteiger partial charge < -0.3 is 9.88 Å². The molecule has 9 aromatic carbocycles. The van der Waals surface area contributed by atoms with Crippen molar-refractivity contribution in [1.29, 1.82) is 0 Å². The highest BCUT2D eigenvalue weighted by Crippen LogP contribution is 2.42. The molecular formula is C60H41N7. The predicted octanol–water partition coefficient (Wildman–Crippen LogP) is 13.9. The second-order valence-electron chi connectivity index (χ2n) is 16.9. The van der Waals surface area contributed by atoms with Crippen LogP contribution in [0.5, 0.6) is 0 Å². The van der Waals surface area contributed by atoms with Crippen molar-refractivity contribution in [2.45, 2.75) is 6.17 Å². The number of hydrogen-bond acceptors (Lipinski definition) is 4. The summed E-state index contributed by atoms with van der Waals surface area (Å²) >= 11 is 0. The number of aliphatic imine (C=N–C) groups is 2. The summed E-state index contributed by atoms with van der Waals surface area (Å²) in [4.78, 5) is 15.6. The second kappa shape index (κ2) is 15.9. The molecule has 0 fully saturated rings. The van der Waals surface area contributed by atoms with Gasteiger partial charge in [-0.3, -0.25) is 9.13 Å². The van der Waals surface area contributed by atoms with Crippen LogP contribution in [0, 0.1) is 0 Å². The average molecular weight is 860 g/mol. The molecule has 0 saturated heterocycles. The van der Waals surface area contributed by atoms with E-state index in [2.05, 4.69) is 231 Å². The lowest BCUT2D eigenvalue weighted by Gasteiger charge is -2.24. The summed E-state index contributed by atoms with van der Waals surface area (Å²) in [6.45, 7) is 0. The molecule has 12 aromatic rings. The third-order valence-corrected chi connectivity index (χ3v) is 12.9. The van der Waals surface area contributed by atoms with Crippen molar-refractivity contribution >= 4 is 55.5 Å². The Labute approximate surface area is 386 Å². The van der Waals surface area contributed by atoms with Gasteiger partial charge in [0.05, 0.1) is 16.6 Å². The maximum absolute atomic E-state index is 5.50. The molecule has 0 radical (unpaired) electrons. The van der Waals surface area contributed by atoms with Crippen LogP contribution in [0.4, 0.5) is 0 Å². The van der Waals surface area contributed by atoms with Crippen molar-refractivity contribution in [1.82, 2.24) is 24.0 Å². The molecule has 1 atom stereocenters. The van der Waals surface area contributed by atoms with Gasteiger partial charge in [-0.25, -0.2) is 15.0 Å². The molecule has 13 rings (SSSR count).